The van der Waals surface area contributed by atoms with E-state index >= 15 is 0 Å². The van der Waals surface area contributed by atoms with Crippen molar-refractivity contribution in [2.45, 2.75) is 63.3 Å². The number of hydrogen-bond donors (Lipinski definition) is 0. The van der Waals surface area contributed by atoms with Gasteiger partial charge in [-0.05, 0) is 38.0 Å². The molecule has 3 rings (SSSR count). The van der Waals surface area contributed by atoms with Gasteiger partial charge in [0, 0.05) is 10.5 Å². The van der Waals surface area contributed by atoms with Crippen LogP contribution in [0.25, 0.3) is 11.0 Å². The Bertz CT molecular complexity index is 613. The lowest BCUT2D eigenvalue weighted by Crippen LogP contribution is -2.14. The van der Waals surface area contributed by atoms with Gasteiger partial charge >= 0.3 is 0 Å². The average Bonchev–Trinajstić information content (AvgIpc) is 2.77. The number of imidazole rings is 1. The van der Waals surface area contributed by atoms with E-state index in [-0.39, 0.29) is 5.38 Å². The highest BCUT2D eigenvalue weighted by atomic mass is 79.9. The summed E-state index contributed by atoms with van der Waals surface area (Å²) in [5.74, 6) is 1.02. The Balaban J connectivity index is 2.08. The van der Waals surface area contributed by atoms with Crippen LogP contribution in [0.15, 0.2) is 22.7 Å². The summed E-state index contributed by atoms with van der Waals surface area (Å²) >= 11 is 10.0. The number of hydrogen-bond acceptors (Lipinski definition) is 1. The molecule has 0 bridgehead atoms. The van der Waals surface area contributed by atoms with Gasteiger partial charge in [0.2, 0.25) is 0 Å². The molecule has 2 nitrogen and oxygen atoms in total. The Morgan fingerprint density at radius 3 is 2.52 bits per heavy atom. The summed E-state index contributed by atoms with van der Waals surface area (Å²) in [5.41, 5.74) is 2.28. The molecule has 0 amide bonds. The second kappa shape index (κ2) is 6.70. The number of alkyl halides is 1. The first kappa shape index (κ1) is 15.4. The molecule has 1 unspecified atom stereocenters. The van der Waals surface area contributed by atoms with E-state index in [1.165, 1.54) is 50.5 Å². The van der Waals surface area contributed by atoms with Crippen LogP contribution < -0.4 is 0 Å². The summed E-state index contributed by atoms with van der Waals surface area (Å²) < 4.78 is 3.53. The molecule has 1 aromatic heterocycles. The molecule has 4 heteroatoms. The third kappa shape index (κ3) is 3.29. The molecule has 1 aliphatic carbocycles. The molecule has 0 radical (unpaired) electrons. The molecule has 1 atom stereocenters. The van der Waals surface area contributed by atoms with Crippen LogP contribution in [-0.4, -0.2) is 9.55 Å². The Hall–Kier alpha value is -0.540. The van der Waals surface area contributed by atoms with Gasteiger partial charge in [-0.2, -0.15) is 0 Å². The molecule has 0 aliphatic heterocycles. The number of benzene rings is 1. The first-order valence-electron chi connectivity index (χ1n) is 7.98. The summed E-state index contributed by atoms with van der Waals surface area (Å²) in [4.78, 5) is 4.79. The number of nitrogens with zero attached hydrogens (tertiary/aromatic N) is 2. The monoisotopic (exact) mass is 368 g/mol. The molecule has 1 fully saturated rings. The second-order valence-electron chi connectivity index (χ2n) is 6.09. The minimum atomic E-state index is -0.0541. The lowest BCUT2D eigenvalue weighted by atomic mass is 9.96. The maximum absolute atomic E-state index is 6.42. The zero-order valence-corrected chi connectivity index (χ0v) is 14.8. The largest absolute Gasteiger partial charge is 0.324 e. The average molecular weight is 370 g/mol. The third-order valence-electron chi connectivity index (χ3n) is 4.47. The normalized spacial score (nSPS) is 19.4. The maximum Gasteiger partial charge on any atom is 0.127 e. The van der Waals surface area contributed by atoms with E-state index in [0.29, 0.717) is 6.04 Å². The lowest BCUT2D eigenvalue weighted by molar-refractivity contribution is 0.371. The van der Waals surface area contributed by atoms with Crippen molar-refractivity contribution in [1.82, 2.24) is 9.55 Å². The molecule has 1 aliphatic rings. The molecule has 2 aromatic rings. The number of fused-ring (bicyclic) bond motifs is 1. The molecule has 1 saturated carbocycles. The van der Waals surface area contributed by atoms with Gasteiger partial charge in [0.05, 0.1) is 16.4 Å². The van der Waals surface area contributed by atoms with Gasteiger partial charge in [0.1, 0.15) is 5.82 Å². The number of aromatic nitrogens is 2. The first-order valence-corrected chi connectivity index (χ1v) is 9.21. The highest BCUT2D eigenvalue weighted by Crippen LogP contribution is 2.35. The van der Waals surface area contributed by atoms with Gasteiger partial charge in [-0.25, -0.2) is 4.98 Å². The summed E-state index contributed by atoms with van der Waals surface area (Å²) in [6.07, 6.45) is 9.23. The Kier molecular flexibility index (Phi) is 4.90. The standard InChI is InChI=1S/C17H22BrClN2/c1-12(19)17-20-15-10-9-13(18)11-16(15)21(17)14-7-5-3-2-4-6-8-14/h9-12,14H,2-8H2,1H3. The Morgan fingerprint density at radius 2 is 1.86 bits per heavy atom. The van der Waals surface area contributed by atoms with E-state index in [0.717, 1.165) is 15.8 Å². The van der Waals surface area contributed by atoms with Crippen LogP contribution in [0.5, 0.6) is 0 Å². The van der Waals surface area contributed by atoms with Crippen LogP contribution in [0.4, 0.5) is 0 Å². The van der Waals surface area contributed by atoms with Crippen LogP contribution in [0.3, 0.4) is 0 Å². The van der Waals surface area contributed by atoms with Crippen molar-refractivity contribution >= 4 is 38.6 Å². The number of halogens is 2. The van der Waals surface area contributed by atoms with Crippen molar-refractivity contribution in [3.8, 4) is 0 Å². The van der Waals surface area contributed by atoms with Crippen molar-refractivity contribution in [3.63, 3.8) is 0 Å². The minimum Gasteiger partial charge on any atom is -0.324 e. The smallest absolute Gasteiger partial charge is 0.127 e. The second-order valence-corrected chi connectivity index (χ2v) is 7.66. The van der Waals surface area contributed by atoms with Crippen LogP contribution in [0.2, 0.25) is 0 Å². The van der Waals surface area contributed by atoms with Crippen LogP contribution in [0, 0.1) is 0 Å². The molecular formula is C17H22BrClN2. The van der Waals surface area contributed by atoms with Crippen molar-refractivity contribution < 1.29 is 0 Å². The van der Waals surface area contributed by atoms with Crippen LogP contribution in [-0.2, 0) is 0 Å². The van der Waals surface area contributed by atoms with Crippen molar-refractivity contribution in [2.24, 2.45) is 0 Å². The first-order chi connectivity index (χ1) is 10.2. The zero-order chi connectivity index (χ0) is 14.8. The Labute approximate surface area is 140 Å². The van der Waals surface area contributed by atoms with E-state index in [2.05, 4.69) is 38.7 Å². The quantitative estimate of drug-likeness (QED) is 0.561. The lowest BCUT2D eigenvalue weighted by Gasteiger charge is -2.24. The van der Waals surface area contributed by atoms with Gasteiger partial charge in [0.15, 0.2) is 0 Å². The van der Waals surface area contributed by atoms with Gasteiger partial charge in [-0.1, -0.05) is 48.0 Å². The van der Waals surface area contributed by atoms with E-state index in [1.807, 2.05) is 6.92 Å². The number of rotatable bonds is 2. The molecule has 114 valence electrons. The van der Waals surface area contributed by atoms with Gasteiger partial charge in [0.25, 0.3) is 0 Å². The SMILES string of the molecule is CC(Cl)c1nc2ccc(Br)cc2n1C1CCCCCCC1. The Morgan fingerprint density at radius 1 is 1.19 bits per heavy atom. The summed E-state index contributed by atoms with van der Waals surface area (Å²) in [5, 5.41) is -0.0541. The van der Waals surface area contributed by atoms with Gasteiger partial charge in [-0.3, -0.25) is 0 Å². The fourth-order valence-corrected chi connectivity index (χ4v) is 3.94. The van der Waals surface area contributed by atoms with Gasteiger partial charge < -0.3 is 4.57 Å². The fraction of sp³-hybridized carbons (Fsp3) is 0.588. The highest BCUT2D eigenvalue weighted by molar-refractivity contribution is 9.10. The molecule has 1 heterocycles. The molecule has 0 spiro atoms. The molecule has 0 N–H and O–H groups in total. The van der Waals surface area contributed by atoms with Crippen molar-refractivity contribution in [3.05, 3.63) is 28.5 Å². The van der Waals surface area contributed by atoms with E-state index < -0.39 is 0 Å². The topological polar surface area (TPSA) is 17.8 Å². The van der Waals surface area contributed by atoms with E-state index in [1.54, 1.807) is 0 Å². The summed E-state index contributed by atoms with van der Waals surface area (Å²) in [7, 11) is 0. The minimum absolute atomic E-state index is 0.0541. The van der Waals surface area contributed by atoms with Crippen molar-refractivity contribution in [2.75, 3.05) is 0 Å². The van der Waals surface area contributed by atoms with Crippen LogP contribution >= 0.6 is 27.5 Å². The molecular weight excluding hydrogens is 348 g/mol. The van der Waals surface area contributed by atoms with E-state index in [9.17, 15) is 0 Å². The van der Waals surface area contributed by atoms with Gasteiger partial charge in [-0.15, -0.1) is 11.6 Å². The van der Waals surface area contributed by atoms with E-state index in [4.69, 9.17) is 16.6 Å². The summed E-state index contributed by atoms with van der Waals surface area (Å²) in [6, 6.07) is 6.87. The van der Waals surface area contributed by atoms with Crippen molar-refractivity contribution in [1.29, 1.82) is 0 Å². The summed E-state index contributed by atoms with van der Waals surface area (Å²) in [6.45, 7) is 2.03. The third-order valence-corrected chi connectivity index (χ3v) is 5.16. The molecule has 0 saturated heterocycles. The predicted octanol–water partition coefficient (Wildman–Crippen LogP) is 6.38. The highest BCUT2D eigenvalue weighted by Gasteiger charge is 2.22. The molecule has 1 aromatic carbocycles. The molecule has 21 heavy (non-hydrogen) atoms. The fourth-order valence-electron chi connectivity index (χ4n) is 3.44. The maximum atomic E-state index is 6.42. The predicted molar refractivity (Wildman–Crippen MR) is 93.1 cm³/mol. The van der Waals surface area contributed by atoms with Crippen LogP contribution in [0.1, 0.15) is 69.1 Å². The zero-order valence-electron chi connectivity index (χ0n) is 12.5.